The number of para-hydroxylation sites is 1. The van der Waals surface area contributed by atoms with Crippen molar-refractivity contribution in [2.24, 2.45) is 0 Å². The van der Waals surface area contributed by atoms with E-state index >= 15 is 0 Å². The number of carbonyl (C=O) groups is 2. The number of benzene rings is 1. The molecule has 5 nitrogen and oxygen atoms in total. The fourth-order valence-electron chi connectivity index (χ4n) is 1.34. The van der Waals surface area contributed by atoms with E-state index in [0.29, 0.717) is 0 Å². The van der Waals surface area contributed by atoms with Crippen molar-refractivity contribution in [1.82, 2.24) is 0 Å². The Morgan fingerprint density at radius 2 is 1.63 bits per heavy atom. The fraction of sp³-hybridized carbons (Fsp3) is 0.0909. The molecule has 0 fully saturated rings. The SMILES string of the molecule is O=C(O)/C=C(/C(=O)O)N(c1ccccc1)C(F)(F)F. The van der Waals surface area contributed by atoms with Crippen molar-refractivity contribution in [3.05, 3.63) is 42.1 Å². The first-order valence-electron chi connectivity index (χ1n) is 4.83. The number of alkyl halides is 3. The molecule has 1 rings (SSSR count). The molecule has 1 aromatic carbocycles. The molecule has 0 amide bonds. The van der Waals surface area contributed by atoms with Crippen LogP contribution in [0.5, 0.6) is 0 Å². The zero-order chi connectivity index (χ0) is 14.6. The minimum absolute atomic E-state index is 0.0111. The van der Waals surface area contributed by atoms with Gasteiger partial charge < -0.3 is 10.2 Å². The fourth-order valence-corrected chi connectivity index (χ4v) is 1.34. The minimum atomic E-state index is -5.07. The molecule has 0 heterocycles. The number of anilines is 1. The molecule has 0 aliphatic heterocycles. The van der Waals surface area contributed by atoms with E-state index in [1.807, 2.05) is 0 Å². The van der Waals surface area contributed by atoms with Gasteiger partial charge in [0.1, 0.15) is 5.70 Å². The van der Waals surface area contributed by atoms with Crippen molar-refractivity contribution in [3.63, 3.8) is 0 Å². The Hall–Kier alpha value is -2.51. The number of hydrogen-bond acceptors (Lipinski definition) is 3. The molecule has 0 atom stereocenters. The first-order chi connectivity index (χ1) is 8.73. The molecule has 2 N–H and O–H groups in total. The summed E-state index contributed by atoms with van der Waals surface area (Å²) in [6.45, 7) is 0. The second-order valence-electron chi connectivity index (χ2n) is 3.31. The van der Waals surface area contributed by atoms with Gasteiger partial charge in [-0.05, 0) is 12.1 Å². The molecule has 0 bridgehead atoms. The van der Waals surface area contributed by atoms with E-state index in [1.54, 1.807) is 0 Å². The molecule has 0 aliphatic rings. The third-order valence-corrected chi connectivity index (χ3v) is 1.99. The van der Waals surface area contributed by atoms with E-state index in [1.165, 1.54) is 18.2 Å². The maximum absolute atomic E-state index is 12.9. The summed E-state index contributed by atoms with van der Waals surface area (Å²) in [5.74, 6) is -3.79. The van der Waals surface area contributed by atoms with E-state index in [4.69, 9.17) is 10.2 Å². The normalized spacial score (nSPS) is 12.1. The van der Waals surface area contributed by atoms with Crippen LogP contribution in [0.3, 0.4) is 0 Å². The molecule has 0 aromatic heterocycles. The van der Waals surface area contributed by atoms with Gasteiger partial charge >= 0.3 is 18.2 Å². The molecule has 0 saturated heterocycles. The van der Waals surface area contributed by atoms with E-state index in [-0.39, 0.29) is 6.08 Å². The van der Waals surface area contributed by atoms with Gasteiger partial charge in [0, 0.05) is 5.69 Å². The Bertz CT molecular complexity index is 510. The third-order valence-electron chi connectivity index (χ3n) is 1.99. The highest BCUT2D eigenvalue weighted by Crippen LogP contribution is 2.32. The maximum Gasteiger partial charge on any atom is 0.489 e. The number of carboxylic acids is 2. The van der Waals surface area contributed by atoms with Crippen LogP contribution in [-0.2, 0) is 9.59 Å². The lowest BCUT2D eigenvalue weighted by Crippen LogP contribution is -2.40. The highest BCUT2D eigenvalue weighted by Gasteiger charge is 2.42. The largest absolute Gasteiger partial charge is 0.489 e. The summed E-state index contributed by atoms with van der Waals surface area (Å²) in [4.78, 5) is 20.8. The molecule has 0 spiro atoms. The van der Waals surface area contributed by atoms with Crippen LogP contribution in [0.1, 0.15) is 0 Å². The summed E-state index contributed by atoms with van der Waals surface area (Å²) in [6.07, 6.45) is -5.08. The molecule has 102 valence electrons. The smallest absolute Gasteiger partial charge is 0.478 e. The predicted molar refractivity (Wildman–Crippen MR) is 58.3 cm³/mol. The van der Waals surface area contributed by atoms with E-state index in [9.17, 15) is 22.8 Å². The summed E-state index contributed by atoms with van der Waals surface area (Å²) in [5, 5.41) is 17.2. The highest BCUT2D eigenvalue weighted by molar-refractivity contribution is 5.98. The van der Waals surface area contributed by atoms with Gasteiger partial charge in [0.05, 0.1) is 6.08 Å². The van der Waals surface area contributed by atoms with Gasteiger partial charge in [-0.15, -0.1) is 13.2 Å². The Morgan fingerprint density at radius 1 is 1.11 bits per heavy atom. The number of rotatable bonds is 4. The summed E-state index contributed by atoms with van der Waals surface area (Å²) in [6, 6.07) is 6.03. The molecule has 19 heavy (non-hydrogen) atoms. The van der Waals surface area contributed by atoms with Crippen molar-refractivity contribution < 1.29 is 33.0 Å². The Labute approximate surface area is 105 Å². The van der Waals surface area contributed by atoms with Gasteiger partial charge in [-0.3, -0.25) is 0 Å². The Balaban J connectivity index is 3.40. The topological polar surface area (TPSA) is 77.8 Å². The second kappa shape index (κ2) is 5.42. The Morgan fingerprint density at radius 3 is 2.00 bits per heavy atom. The molecular weight excluding hydrogens is 267 g/mol. The number of halogens is 3. The molecule has 0 aliphatic carbocycles. The third kappa shape index (κ3) is 3.73. The average molecular weight is 275 g/mol. The van der Waals surface area contributed by atoms with Gasteiger partial charge in [0.25, 0.3) is 0 Å². The van der Waals surface area contributed by atoms with Gasteiger partial charge in [-0.2, -0.15) is 0 Å². The summed E-state index contributed by atoms with van der Waals surface area (Å²) in [7, 11) is 0. The van der Waals surface area contributed by atoms with Crippen molar-refractivity contribution in [1.29, 1.82) is 0 Å². The van der Waals surface area contributed by atoms with Gasteiger partial charge in [0.2, 0.25) is 0 Å². The first-order valence-corrected chi connectivity index (χ1v) is 4.83. The second-order valence-corrected chi connectivity index (χ2v) is 3.31. The molecule has 8 heteroatoms. The van der Waals surface area contributed by atoms with Crippen LogP contribution in [0.15, 0.2) is 42.1 Å². The molecule has 0 radical (unpaired) electrons. The van der Waals surface area contributed by atoms with Crippen molar-refractivity contribution in [2.75, 3.05) is 4.90 Å². The van der Waals surface area contributed by atoms with Gasteiger partial charge in [0.15, 0.2) is 0 Å². The zero-order valence-electron chi connectivity index (χ0n) is 9.26. The van der Waals surface area contributed by atoms with Crippen LogP contribution >= 0.6 is 0 Å². The van der Waals surface area contributed by atoms with Crippen LogP contribution in [0.4, 0.5) is 18.9 Å². The molecule has 1 aromatic rings. The van der Waals surface area contributed by atoms with Crippen molar-refractivity contribution in [3.8, 4) is 0 Å². The monoisotopic (exact) mass is 275 g/mol. The van der Waals surface area contributed by atoms with E-state index in [2.05, 4.69) is 0 Å². The van der Waals surface area contributed by atoms with Gasteiger partial charge in [-0.1, -0.05) is 18.2 Å². The standard InChI is InChI=1S/C11H8F3NO4/c12-11(13,14)15(7-4-2-1-3-5-7)8(10(18)19)6-9(16)17/h1-6H,(H,16,17)(H,18,19)/b8-6-. The van der Waals surface area contributed by atoms with Crippen LogP contribution in [-0.4, -0.2) is 28.5 Å². The number of carboxylic acid groups (broad SMARTS) is 2. The van der Waals surface area contributed by atoms with Crippen LogP contribution in [0, 0.1) is 0 Å². The summed E-state index contributed by atoms with van der Waals surface area (Å²) in [5.41, 5.74) is -1.89. The predicted octanol–water partition coefficient (Wildman–Crippen LogP) is 2.07. The average Bonchev–Trinajstić information content (AvgIpc) is 2.27. The summed E-state index contributed by atoms with van der Waals surface area (Å²) < 4.78 is 38.7. The summed E-state index contributed by atoms with van der Waals surface area (Å²) >= 11 is 0. The molecular formula is C11H8F3NO4. The highest BCUT2D eigenvalue weighted by atomic mass is 19.4. The lowest BCUT2D eigenvalue weighted by Gasteiger charge is -2.26. The van der Waals surface area contributed by atoms with Crippen LogP contribution < -0.4 is 4.90 Å². The first kappa shape index (κ1) is 14.6. The lowest BCUT2D eigenvalue weighted by atomic mass is 10.2. The maximum atomic E-state index is 12.9. The molecule has 0 saturated carbocycles. The van der Waals surface area contributed by atoms with Crippen LogP contribution in [0.25, 0.3) is 0 Å². The number of hydrogen-bond donors (Lipinski definition) is 2. The number of nitrogens with zero attached hydrogens (tertiary/aromatic N) is 1. The lowest BCUT2D eigenvalue weighted by molar-refractivity contribution is -0.142. The van der Waals surface area contributed by atoms with Crippen molar-refractivity contribution >= 4 is 17.6 Å². The van der Waals surface area contributed by atoms with E-state index in [0.717, 1.165) is 12.1 Å². The quantitative estimate of drug-likeness (QED) is 0.649. The van der Waals surface area contributed by atoms with E-state index < -0.39 is 34.5 Å². The Kier molecular flexibility index (Phi) is 4.15. The number of aliphatic carboxylic acids is 2. The molecule has 0 unspecified atom stereocenters. The van der Waals surface area contributed by atoms with Gasteiger partial charge in [-0.25, -0.2) is 14.5 Å². The van der Waals surface area contributed by atoms with Crippen LogP contribution in [0.2, 0.25) is 0 Å². The zero-order valence-corrected chi connectivity index (χ0v) is 9.26. The minimum Gasteiger partial charge on any atom is -0.478 e. The van der Waals surface area contributed by atoms with Crippen molar-refractivity contribution in [2.45, 2.75) is 6.30 Å².